The topological polar surface area (TPSA) is 86.0 Å². The summed E-state index contributed by atoms with van der Waals surface area (Å²) in [4.78, 5) is 26.8. The molecule has 0 saturated heterocycles. The monoisotopic (exact) mass is 328 g/mol. The zero-order valence-corrected chi connectivity index (χ0v) is 13.5. The van der Waals surface area contributed by atoms with Gasteiger partial charge in [0.05, 0.1) is 10.2 Å². The lowest BCUT2D eigenvalue weighted by Gasteiger charge is -2.09. The van der Waals surface area contributed by atoms with Crippen molar-refractivity contribution >= 4 is 39.2 Å². The van der Waals surface area contributed by atoms with Gasteiger partial charge in [-0.05, 0) is 54.6 Å². The molecule has 0 aliphatic rings. The van der Waals surface area contributed by atoms with Crippen molar-refractivity contribution in [3.05, 3.63) is 52.5 Å². The summed E-state index contributed by atoms with van der Waals surface area (Å²) >= 11 is 1.54. The standard InChI is InChI=1S/C16H16N4O2S/c1-9-3-4-11(7-10(9)2)17-16(22)20-19-15(21)13-8-14-12(18-13)5-6-23-14/h3-8,18H,1-2H3,(H,19,21)(H2,17,20,22). The first kappa shape index (κ1) is 15.1. The van der Waals surface area contributed by atoms with Gasteiger partial charge in [-0.1, -0.05) is 6.07 Å². The van der Waals surface area contributed by atoms with Crippen LogP contribution in [0.1, 0.15) is 21.6 Å². The first-order chi connectivity index (χ1) is 11.0. The highest BCUT2D eigenvalue weighted by Gasteiger charge is 2.11. The number of amides is 3. The van der Waals surface area contributed by atoms with Crippen LogP contribution in [0.4, 0.5) is 10.5 Å². The lowest BCUT2D eigenvalue weighted by Crippen LogP contribution is -2.44. The fourth-order valence-electron chi connectivity index (χ4n) is 2.13. The summed E-state index contributed by atoms with van der Waals surface area (Å²) in [6.45, 7) is 3.97. The van der Waals surface area contributed by atoms with Crippen molar-refractivity contribution in [2.75, 3.05) is 5.32 Å². The summed E-state index contributed by atoms with van der Waals surface area (Å²) in [7, 11) is 0. The first-order valence-corrected chi connectivity index (χ1v) is 7.92. The van der Waals surface area contributed by atoms with Crippen molar-refractivity contribution in [2.24, 2.45) is 0 Å². The second-order valence-corrected chi connectivity index (χ2v) is 6.16. The number of hydrogen-bond acceptors (Lipinski definition) is 3. The molecule has 0 fully saturated rings. The maximum atomic E-state index is 12.0. The van der Waals surface area contributed by atoms with Crippen molar-refractivity contribution in [3.63, 3.8) is 0 Å². The van der Waals surface area contributed by atoms with E-state index in [-0.39, 0.29) is 0 Å². The molecule has 0 saturated carbocycles. The van der Waals surface area contributed by atoms with Gasteiger partial charge in [-0.3, -0.25) is 10.2 Å². The highest BCUT2D eigenvalue weighted by Crippen LogP contribution is 2.21. The average Bonchev–Trinajstić information content (AvgIpc) is 3.10. The Hall–Kier alpha value is -2.80. The van der Waals surface area contributed by atoms with Gasteiger partial charge in [0.25, 0.3) is 5.91 Å². The first-order valence-electron chi connectivity index (χ1n) is 7.04. The van der Waals surface area contributed by atoms with E-state index < -0.39 is 11.9 Å². The molecule has 118 valence electrons. The van der Waals surface area contributed by atoms with E-state index in [1.54, 1.807) is 17.4 Å². The quantitative estimate of drug-likeness (QED) is 0.544. The third kappa shape index (κ3) is 3.35. The molecule has 0 aliphatic heterocycles. The van der Waals surface area contributed by atoms with Crippen LogP contribution in [0, 0.1) is 13.8 Å². The SMILES string of the molecule is Cc1ccc(NC(=O)NNC(=O)c2cc3sccc3[nH]2)cc1C. The van der Waals surface area contributed by atoms with Crippen molar-refractivity contribution in [3.8, 4) is 0 Å². The Bertz CT molecular complexity index is 853. The molecule has 0 unspecified atom stereocenters. The van der Waals surface area contributed by atoms with E-state index in [1.807, 2.05) is 43.5 Å². The second-order valence-electron chi connectivity index (χ2n) is 5.21. The van der Waals surface area contributed by atoms with E-state index in [9.17, 15) is 9.59 Å². The minimum Gasteiger partial charge on any atom is -0.350 e. The molecule has 0 radical (unpaired) electrons. The van der Waals surface area contributed by atoms with Crippen LogP contribution in [0.5, 0.6) is 0 Å². The molecular formula is C16H16N4O2S. The highest BCUT2D eigenvalue weighted by atomic mass is 32.1. The number of aromatic amines is 1. The molecule has 2 heterocycles. The molecule has 0 aliphatic carbocycles. The maximum Gasteiger partial charge on any atom is 0.337 e. The predicted molar refractivity (Wildman–Crippen MR) is 91.7 cm³/mol. The summed E-state index contributed by atoms with van der Waals surface area (Å²) in [6, 6.07) is 8.75. The molecular weight excluding hydrogens is 312 g/mol. The fourth-order valence-corrected chi connectivity index (χ4v) is 2.92. The number of anilines is 1. The Balaban J connectivity index is 1.56. The van der Waals surface area contributed by atoms with Gasteiger partial charge >= 0.3 is 6.03 Å². The van der Waals surface area contributed by atoms with Crippen molar-refractivity contribution in [1.29, 1.82) is 0 Å². The average molecular weight is 328 g/mol. The maximum absolute atomic E-state index is 12.0. The van der Waals surface area contributed by atoms with E-state index in [1.165, 1.54) is 0 Å². The Labute approximate surface area is 136 Å². The van der Waals surface area contributed by atoms with Crippen molar-refractivity contribution < 1.29 is 9.59 Å². The largest absolute Gasteiger partial charge is 0.350 e. The van der Waals surface area contributed by atoms with Gasteiger partial charge in [-0.15, -0.1) is 11.3 Å². The van der Waals surface area contributed by atoms with Gasteiger partial charge < -0.3 is 10.3 Å². The van der Waals surface area contributed by atoms with Gasteiger partial charge in [0, 0.05) is 5.69 Å². The Morgan fingerprint density at radius 2 is 1.87 bits per heavy atom. The third-order valence-electron chi connectivity index (χ3n) is 3.54. The number of hydrazine groups is 1. The fraction of sp³-hybridized carbons (Fsp3) is 0.125. The summed E-state index contributed by atoms with van der Waals surface area (Å²) in [6.07, 6.45) is 0. The molecule has 6 nitrogen and oxygen atoms in total. The van der Waals surface area contributed by atoms with Gasteiger partial charge in [-0.2, -0.15) is 0 Å². The van der Waals surface area contributed by atoms with Crippen LogP contribution in [0.2, 0.25) is 0 Å². The number of H-pyrrole nitrogens is 1. The number of benzene rings is 1. The zero-order valence-electron chi connectivity index (χ0n) is 12.7. The molecule has 23 heavy (non-hydrogen) atoms. The molecule has 0 atom stereocenters. The lowest BCUT2D eigenvalue weighted by molar-refractivity contribution is 0.0934. The zero-order chi connectivity index (χ0) is 16.4. The molecule has 3 rings (SSSR count). The van der Waals surface area contributed by atoms with Crippen LogP contribution in [0.25, 0.3) is 10.2 Å². The van der Waals surface area contributed by atoms with Crippen LogP contribution in [0.15, 0.2) is 35.7 Å². The molecule has 0 spiro atoms. The molecule has 2 aromatic heterocycles. The second kappa shape index (κ2) is 6.13. The number of aromatic nitrogens is 1. The Kier molecular flexibility index (Phi) is 4.03. The highest BCUT2D eigenvalue weighted by molar-refractivity contribution is 7.17. The van der Waals surface area contributed by atoms with Crippen LogP contribution < -0.4 is 16.2 Å². The third-order valence-corrected chi connectivity index (χ3v) is 4.40. The van der Waals surface area contributed by atoms with E-state index >= 15 is 0 Å². The number of fused-ring (bicyclic) bond motifs is 1. The minimum absolute atomic E-state index is 0.399. The number of carbonyl (C=O) groups excluding carboxylic acids is 2. The molecule has 4 N–H and O–H groups in total. The molecule has 3 aromatic rings. The number of thiophene rings is 1. The van der Waals surface area contributed by atoms with Crippen LogP contribution in [0.3, 0.4) is 0 Å². The summed E-state index contributed by atoms with van der Waals surface area (Å²) in [5, 5.41) is 4.61. The summed E-state index contributed by atoms with van der Waals surface area (Å²) in [5.74, 6) is -0.399. The number of aryl methyl sites for hydroxylation is 2. The number of urea groups is 1. The Morgan fingerprint density at radius 3 is 2.61 bits per heavy atom. The normalized spacial score (nSPS) is 10.5. The smallest absolute Gasteiger partial charge is 0.337 e. The van der Waals surface area contributed by atoms with E-state index in [0.717, 1.165) is 21.3 Å². The molecule has 7 heteroatoms. The predicted octanol–water partition coefficient (Wildman–Crippen LogP) is 3.31. The number of carbonyl (C=O) groups is 2. The van der Waals surface area contributed by atoms with Crippen molar-refractivity contribution in [2.45, 2.75) is 13.8 Å². The van der Waals surface area contributed by atoms with E-state index in [0.29, 0.717) is 11.4 Å². The van der Waals surface area contributed by atoms with Crippen molar-refractivity contribution in [1.82, 2.24) is 15.8 Å². The van der Waals surface area contributed by atoms with E-state index in [4.69, 9.17) is 0 Å². The summed E-state index contributed by atoms with van der Waals surface area (Å²) in [5.41, 5.74) is 8.90. The molecule has 3 amide bonds. The number of hydrogen-bond donors (Lipinski definition) is 4. The lowest BCUT2D eigenvalue weighted by atomic mass is 10.1. The van der Waals surface area contributed by atoms with Crippen LogP contribution in [-0.4, -0.2) is 16.9 Å². The summed E-state index contributed by atoms with van der Waals surface area (Å²) < 4.78 is 0.995. The number of nitrogens with one attached hydrogen (secondary N) is 4. The van der Waals surface area contributed by atoms with Gasteiger partial charge in [0.1, 0.15) is 5.69 Å². The van der Waals surface area contributed by atoms with Gasteiger partial charge in [-0.25, -0.2) is 10.2 Å². The van der Waals surface area contributed by atoms with Gasteiger partial charge in [0.2, 0.25) is 0 Å². The van der Waals surface area contributed by atoms with Crippen LogP contribution >= 0.6 is 11.3 Å². The van der Waals surface area contributed by atoms with E-state index in [2.05, 4.69) is 21.2 Å². The van der Waals surface area contributed by atoms with Gasteiger partial charge in [0.15, 0.2) is 0 Å². The number of rotatable bonds is 2. The Morgan fingerprint density at radius 1 is 1.04 bits per heavy atom. The molecule has 1 aromatic carbocycles. The minimum atomic E-state index is -0.505. The molecule has 0 bridgehead atoms. The van der Waals surface area contributed by atoms with Crippen LogP contribution in [-0.2, 0) is 0 Å².